The Morgan fingerprint density at radius 1 is 1.00 bits per heavy atom. The Hall–Kier alpha value is -2.73. The smallest absolute Gasteiger partial charge is 0.245 e. The standard InChI is InChI=1S/C21H24FN3O2/c22-17-12-11-16(24-21(27)19(23)14-7-3-1-4-8-14)13-18(17)25-20(26)15-9-5-2-6-10-15/h1,3-4,7-8,11-13,15,19H,2,5-6,9-10,23H2,(H,24,27)(H,25,26). The zero-order chi connectivity index (χ0) is 19.2. The van der Waals surface area contributed by atoms with E-state index in [4.69, 9.17) is 5.73 Å². The van der Waals surface area contributed by atoms with Crippen LogP contribution in [0, 0.1) is 11.7 Å². The largest absolute Gasteiger partial charge is 0.324 e. The molecule has 27 heavy (non-hydrogen) atoms. The number of hydrogen-bond acceptors (Lipinski definition) is 3. The average Bonchev–Trinajstić information content (AvgIpc) is 2.71. The van der Waals surface area contributed by atoms with Crippen molar-refractivity contribution in [2.45, 2.75) is 38.1 Å². The van der Waals surface area contributed by atoms with Gasteiger partial charge in [-0.3, -0.25) is 9.59 Å². The van der Waals surface area contributed by atoms with Gasteiger partial charge in [-0.15, -0.1) is 0 Å². The van der Waals surface area contributed by atoms with Crippen LogP contribution in [0.15, 0.2) is 48.5 Å². The number of amides is 2. The second-order valence-electron chi connectivity index (χ2n) is 6.90. The summed E-state index contributed by atoms with van der Waals surface area (Å²) in [4.78, 5) is 24.7. The second kappa shape index (κ2) is 8.77. The number of benzene rings is 2. The molecule has 1 fully saturated rings. The third-order valence-corrected chi connectivity index (χ3v) is 4.91. The number of carbonyl (C=O) groups excluding carboxylic acids is 2. The maximum atomic E-state index is 14.1. The van der Waals surface area contributed by atoms with Crippen LogP contribution in [0.5, 0.6) is 0 Å². The molecule has 5 nitrogen and oxygen atoms in total. The maximum absolute atomic E-state index is 14.1. The van der Waals surface area contributed by atoms with Crippen LogP contribution in [-0.4, -0.2) is 11.8 Å². The minimum Gasteiger partial charge on any atom is -0.324 e. The molecule has 2 aromatic rings. The molecule has 0 radical (unpaired) electrons. The molecule has 1 atom stereocenters. The predicted octanol–water partition coefficient (Wildman–Crippen LogP) is 3.98. The molecule has 0 bridgehead atoms. The van der Waals surface area contributed by atoms with Crippen molar-refractivity contribution < 1.29 is 14.0 Å². The van der Waals surface area contributed by atoms with Crippen LogP contribution in [0.4, 0.5) is 15.8 Å². The predicted molar refractivity (Wildman–Crippen MR) is 104 cm³/mol. The normalized spacial score (nSPS) is 15.8. The van der Waals surface area contributed by atoms with Crippen molar-refractivity contribution in [3.63, 3.8) is 0 Å². The molecular formula is C21H24FN3O2. The average molecular weight is 369 g/mol. The van der Waals surface area contributed by atoms with E-state index in [1.807, 2.05) is 6.07 Å². The van der Waals surface area contributed by atoms with Crippen LogP contribution < -0.4 is 16.4 Å². The minimum atomic E-state index is -0.837. The lowest BCUT2D eigenvalue weighted by Gasteiger charge is -2.21. The van der Waals surface area contributed by atoms with E-state index < -0.39 is 17.8 Å². The van der Waals surface area contributed by atoms with Gasteiger partial charge in [0.1, 0.15) is 11.9 Å². The van der Waals surface area contributed by atoms with Gasteiger partial charge in [0.05, 0.1) is 5.69 Å². The van der Waals surface area contributed by atoms with Gasteiger partial charge < -0.3 is 16.4 Å². The Morgan fingerprint density at radius 3 is 2.41 bits per heavy atom. The van der Waals surface area contributed by atoms with Gasteiger partial charge in [-0.05, 0) is 36.6 Å². The Bertz CT molecular complexity index is 804. The fourth-order valence-corrected chi connectivity index (χ4v) is 3.33. The Balaban J connectivity index is 1.67. The first kappa shape index (κ1) is 19.0. The first-order valence-electron chi connectivity index (χ1n) is 9.26. The highest BCUT2D eigenvalue weighted by molar-refractivity contribution is 5.97. The number of nitrogens with two attached hydrogens (primary N) is 1. The monoisotopic (exact) mass is 369 g/mol. The molecule has 0 aromatic heterocycles. The van der Waals surface area contributed by atoms with Crippen molar-refractivity contribution in [2.24, 2.45) is 11.7 Å². The summed E-state index contributed by atoms with van der Waals surface area (Å²) in [5.74, 6) is -1.19. The molecule has 3 rings (SSSR count). The van der Waals surface area contributed by atoms with E-state index in [9.17, 15) is 14.0 Å². The highest BCUT2D eigenvalue weighted by atomic mass is 19.1. The van der Waals surface area contributed by atoms with Crippen LogP contribution in [0.2, 0.25) is 0 Å². The third-order valence-electron chi connectivity index (χ3n) is 4.91. The molecule has 4 N–H and O–H groups in total. The van der Waals surface area contributed by atoms with Crippen molar-refractivity contribution in [3.8, 4) is 0 Å². The number of nitrogens with one attached hydrogen (secondary N) is 2. The summed E-state index contributed by atoms with van der Waals surface area (Å²) in [5.41, 5.74) is 7.11. The number of rotatable bonds is 5. The molecule has 2 aromatic carbocycles. The van der Waals surface area contributed by atoms with Gasteiger partial charge >= 0.3 is 0 Å². The number of hydrogen-bond donors (Lipinski definition) is 3. The fourth-order valence-electron chi connectivity index (χ4n) is 3.33. The first-order chi connectivity index (χ1) is 13.0. The Kier molecular flexibility index (Phi) is 6.19. The van der Waals surface area contributed by atoms with E-state index in [0.717, 1.165) is 32.1 Å². The molecule has 0 aliphatic heterocycles. The summed E-state index contributed by atoms with van der Waals surface area (Å²) < 4.78 is 14.1. The van der Waals surface area contributed by atoms with E-state index >= 15 is 0 Å². The van der Waals surface area contributed by atoms with E-state index in [-0.39, 0.29) is 17.5 Å². The molecule has 142 valence electrons. The van der Waals surface area contributed by atoms with Crippen molar-refractivity contribution in [2.75, 3.05) is 10.6 Å². The summed E-state index contributed by atoms with van der Waals surface area (Å²) >= 11 is 0. The lowest BCUT2D eigenvalue weighted by atomic mass is 9.88. The van der Waals surface area contributed by atoms with Gasteiger partial charge in [-0.1, -0.05) is 49.6 Å². The van der Waals surface area contributed by atoms with Crippen LogP contribution in [0.3, 0.4) is 0 Å². The highest BCUT2D eigenvalue weighted by Crippen LogP contribution is 2.27. The lowest BCUT2D eigenvalue weighted by molar-refractivity contribution is -0.120. The summed E-state index contributed by atoms with van der Waals surface area (Å²) in [5, 5.41) is 5.34. The summed E-state index contributed by atoms with van der Waals surface area (Å²) in [6.07, 6.45) is 4.84. The minimum absolute atomic E-state index is 0.0663. The topological polar surface area (TPSA) is 84.2 Å². The van der Waals surface area contributed by atoms with Gasteiger partial charge in [0.25, 0.3) is 0 Å². The van der Waals surface area contributed by atoms with E-state index in [1.165, 1.54) is 18.2 Å². The lowest BCUT2D eigenvalue weighted by Crippen LogP contribution is -2.28. The fraction of sp³-hybridized carbons (Fsp3) is 0.333. The van der Waals surface area contributed by atoms with Gasteiger partial charge in [0.2, 0.25) is 11.8 Å². The van der Waals surface area contributed by atoms with Crippen LogP contribution >= 0.6 is 0 Å². The molecule has 1 aliphatic carbocycles. The molecule has 0 spiro atoms. The zero-order valence-electron chi connectivity index (χ0n) is 15.1. The molecule has 1 aliphatic rings. The van der Waals surface area contributed by atoms with E-state index in [2.05, 4.69) is 10.6 Å². The van der Waals surface area contributed by atoms with Crippen molar-refractivity contribution >= 4 is 23.2 Å². The number of anilines is 2. The zero-order valence-corrected chi connectivity index (χ0v) is 15.1. The van der Waals surface area contributed by atoms with Crippen LogP contribution in [0.1, 0.15) is 43.7 Å². The summed E-state index contributed by atoms with van der Waals surface area (Å²) in [6, 6.07) is 12.2. The Labute approximate surface area is 158 Å². The van der Waals surface area contributed by atoms with Gasteiger partial charge in [0, 0.05) is 11.6 Å². The molecule has 1 unspecified atom stereocenters. The second-order valence-corrected chi connectivity index (χ2v) is 6.90. The van der Waals surface area contributed by atoms with Crippen LogP contribution in [0.25, 0.3) is 0 Å². The summed E-state index contributed by atoms with van der Waals surface area (Å²) in [6.45, 7) is 0. The quantitative estimate of drug-likeness (QED) is 0.745. The molecule has 0 saturated heterocycles. The first-order valence-corrected chi connectivity index (χ1v) is 9.26. The van der Waals surface area contributed by atoms with E-state index in [0.29, 0.717) is 11.3 Å². The molecule has 1 saturated carbocycles. The molecule has 0 heterocycles. The summed E-state index contributed by atoms with van der Waals surface area (Å²) in [7, 11) is 0. The third kappa shape index (κ3) is 4.92. The van der Waals surface area contributed by atoms with Gasteiger partial charge in [-0.2, -0.15) is 0 Å². The highest BCUT2D eigenvalue weighted by Gasteiger charge is 2.22. The van der Waals surface area contributed by atoms with Crippen molar-refractivity contribution in [1.82, 2.24) is 0 Å². The van der Waals surface area contributed by atoms with Crippen molar-refractivity contribution in [1.29, 1.82) is 0 Å². The maximum Gasteiger partial charge on any atom is 0.245 e. The molecule has 2 amide bonds. The van der Waals surface area contributed by atoms with Crippen molar-refractivity contribution in [3.05, 3.63) is 59.9 Å². The molecular weight excluding hydrogens is 345 g/mol. The van der Waals surface area contributed by atoms with Crippen LogP contribution in [-0.2, 0) is 9.59 Å². The number of halogens is 1. The van der Waals surface area contributed by atoms with E-state index in [1.54, 1.807) is 24.3 Å². The SMILES string of the molecule is NC(C(=O)Nc1ccc(F)c(NC(=O)C2CCCCC2)c1)c1ccccc1. The molecule has 6 heteroatoms. The Morgan fingerprint density at radius 2 is 1.70 bits per heavy atom. The van der Waals surface area contributed by atoms with Gasteiger partial charge in [-0.25, -0.2) is 4.39 Å². The van der Waals surface area contributed by atoms with Gasteiger partial charge in [0.15, 0.2) is 0 Å². The number of carbonyl (C=O) groups is 2.